The van der Waals surface area contributed by atoms with Gasteiger partial charge in [-0.15, -0.1) is 0 Å². The van der Waals surface area contributed by atoms with Gasteiger partial charge in [-0.05, 0) is 77.7 Å². The Bertz CT molecular complexity index is 1890. The maximum Gasteiger partial charge on any atom is 0.305 e. The van der Waals surface area contributed by atoms with Crippen LogP contribution >= 0.6 is 0 Å². The van der Waals surface area contributed by atoms with Gasteiger partial charge >= 0.3 is 11.9 Å². The number of nitrogens with one attached hydrogen (secondary N) is 7. The summed E-state index contributed by atoms with van der Waals surface area (Å²) < 4.78 is 0. The summed E-state index contributed by atoms with van der Waals surface area (Å²) in [4.78, 5) is 141. The first-order valence-corrected chi connectivity index (χ1v) is 22.7. The Morgan fingerprint density at radius 2 is 0.803 bits per heavy atom. The van der Waals surface area contributed by atoms with E-state index >= 15 is 0 Å². The molecule has 0 radical (unpaired) electrons. The molecule has 0 fully saturated rings. The van der Waals surface area contributed by atoms with E-state index in [0.29, 0.717) is 19.3 Å². The standard InChI is InChI=1S/C40H74N18O13/c1-20(8-5-15-49-38(43)44)31(65)53-25(12-13-28(60)61)36(70)54-22(9-3-4-14-41)33(67)55-23(10-6-16-50-39(45)46)34(68)56-24(11-7-17-51-40(47)48)35(69)58-27(19-59)37(71)52-21(2)32(66)57-26(30(42)64)18-29(62)63/h20-27,59H,3-19,41H2,1-2H3,(H2,42,64)(H,52,71)(H,53,65)(H,54,70)(H,55,67)(H,56,68)(H,57,66)(H,58,69)(H,60,61)(H,62,63)(H4,43,44,49)(H4,45,46,50)(H4,47,48,51)/t20-,21-,22-,23-,24-,25-,26-,27-/m0/s1. The zero-order valence-electron chi connectivity index (χ0n) is 40.0. The summed E-state index contributed by atoms with van der Waals surface area (Å²) >= 11 is 0. The van der Waals surface area contributed by atoms with E-state index < -0.39 is 127 Å². The molecule has 0 aromatic heterocycles. The summed E-state index contributed by atoms with van der Waals surface area (Å²) in [6.45, 7) is 2.09. The first-order valence-electron chi connectivity index (χ1n) is 22.7. The van der Waals surface area contributed by atoms with Crippen LogP contribution in [0.5, 0.6) is 0 Å². The molecular formula is C40H74N18O13. The van der Waals surface area contributed by atoms with Crippen LogP contribution in [0.1, 0.15) is 90.9 Å². The second kappa shape index (κ2) is 34.7. The molecule has 31 nitrogen and oxygen atoms in total. The number of unbranched alkanes of at least 4 members (excludes halogenated alkanes) is 1. The number of carbonyl (C=O) groups is 10. The second-order valence-electron chi connectivity index (χ2n) is 16.2. The average Bonchev–Trinajstić information content (AvgIpc) is 3.28. The molecule has 0 rings (SSSR count). The molecule has 0 saturated heterocycles. The predicted molar refractivity (Wildman–Crippen MR) is 256 cm³/mol. The van der Waals surface area contributed by atoms with Gasteiger partial charge in [-0.2, -0.15) is 0 Å². The van der Waals surface area contributed by atoms with E-state index in [1.165, 1.54) is 0 Å². The Morgan fingerprint density at radius 1 is 0.437 bits per heavy atom. The zero-order valence-corrected chi connectivity index (χ0v) is 40.0. The van der Waals surface area contributed by atoms with E-state index in [2.05, 4.69) is 52.2 Å². The number of aliphatic hydroxyl groups is 1. The van der Waals surface area contributed by atoms with Gasteiger partial charge < -0.3 is 98.4 Å². The SMILES string of the molecule is C[C@H](NC(=O)[C@H](CO)NC(=O)[C@H](CCCN=C(N)N)NC(=O)[C@H](CCCN=C(N)N)NC(=O)[C@H](CCCCN)NC(=O)[C@H](CCC(=O)O)NC(=O)[C@@H](C)CCCN=C(N)N)C(=O)N[C@@H](CC(=O)O)C(N)=O. The van der Waals surface area contributed by atoms with E-state index in [0.717, 1.165) is 6.92 Å². The minimum Gasteiger partial charge on any atom is -0.481 e. The fourth-order valence-electron chi connectivity index (χ4n) is 6.25. The highest BCUT2D eigenvalue weighted by Gasteiger charge is 2.34. The van der Waals surface area contributed by atoms with Gasteiger partial charge in [-0.1, -0.05) is 6.92 Å². The molecule has 71 heavy (non-hydrogen) atoms. The first kappa shape index (κ1) is 63.4. The van der Waals surface area contributed by atoms with E-state index in [9.17, 15) is 58.2 Å². The Morgan fingerprint density at radius 3 is 1.18 bits per heavy atom. The summed E-state index contributed by atoms with van der Waals surface area (Å²) in [5, 5.41) is 45.3. The normalized spacial score (nSPS) is 14.1. The van der Waals surface area contributed by atoms with Crippen LogP contribution in [0.3, 0.4) is 0 Å². The van der Waals surface area contributed by atoms with E-state index in [1.54, 1.807) is 6.92 Å². The molecule has 0 aromatic carbocycles. The van der Waals surface area contributed by atoms with Crippen molar-refractivity contribution < 1.29 is 63.3 Å². The highest BCUT2D eigenvalue weighted by atomic mass is 16.4. The Labute approximate surface area is 409 Å². The Kier molecular flexibility index (Phi) is 31.0. The predicted octanol–water partition coefficient (Wildman–Crippen LogP) is -7.86. The van der Waals surface area contributed by atoms with Crippen LogP contribution < -0.4 is 83.1 Å². The Balaban J connectivity index is 6.68. The summed E-state index contributed by atoms with van der Waals surface area (Å²) in [5.74, 6) is -11.8. The molecule has 8 atom stereocenters. The lowest BCUT2D eigenvalue weighted by atomic mass is 10.0. The molecule has 26 N–H and O–H groups in total. The molecule has 402 valence electrons. The minimum atomic E-state index is -1.75. The number of aliphatic imine (C=N–C) groups is 3. The van der Waals surface area contributed by atoms with Crippen molar-refractivity contribution in [3.8, 4) is 0 Å². The average molecular weight is 1020 g/mol. The van der Waals surface area contributed by atoms with Crippen LogP contribution in [0.4, 0.5) is 0 Å². The number of hydrogen-bond donors (Lipinski definition) is 18. The molecule has 0 saturated carbocycles. The molecule has 0 bridgehead atoms. The maximum absolute atomic E-state index is 14.1. The number of amides is 8. The van der Waals surface area contributed by atoms with Crippen LogP contribution in [0.2, 0.25) is 0 Å². The lowest BCUT2D eigenvalue weighted by Crippen LogP contribution is -2.60. The number of carbonyl (C=O) groups excluding carboxylic acids is 8. The Hall–Kier alpha value is -7.57. The number of nitrogens with zero attached hydrogens (tertiary/aromatic N) is 3. The van der Waals surface area contributed by atoms with Crippen molar-refractivity contribution in [1.29, 1.82) is 0 Å². The number of aliphatic carboxylic acids is 2. The second-order valence-corrected chi connectivity index (χ2v) is 16.2. The molecule has 8 amide bonds. The smallest absolute Gasteiger partial charge is 0.305 e. The fraction of sp³-hybridized carbons (Fsp3) is 0.675. The molecule has 0 spiro atoms. The van der Waals surface area contributed by atoms with Crippen molar-refractivity contribution in [2.75, 3.05) is 32.8 Å². The third kappa shape index (κ3) is 28.5. The molecule has 31 heteroatoms. The third-order valence-corrected chi connectivity index (χ3v) is 10.2. The lowest BCUT2D eigenvalue weighted by Gasteiger charge is -2.27. The van der Waals surface area contributed by atoms with Gasteiger partial charge in [0.15, 0.2) is 17.9 Å². The highest BCUT2D eigenvalue weighted by molar-refractivity contribution is 5.98. The van der Waals surface area contributed by atoms with Crippen LogP contribution in [0.25, 0.3) is 0 Å². The van der Waals surface area contributed by atoms with E-state index in [1.807, 2.05) is 0 Å². The van der Waals surface area contributed by atoms with Crippen LogP contribution in [-0.2, 0) is 47.9 Å². The number of nitrogens with two attached hydrogens (primary N) is 8. The summed E-state index contributed by atoms with van der Waals surface area (Å²) in [6.07, 6.45) is -0.614. The molecular weight excluding hydrogens is 941 g/mol. The van der Waals surface area contributed by atoms with Crippen LogP contribution in [0.15, 0.2) is 15.0 Å². The maximum atomic E-state index is 14.1. The van der Waals surface area contributed by atoms with E-state index in [4.69, 9.17) is 51.0 Å². The van der Waals surface area contributed by atoms with Gasteiger partial charge in [0, 0.05) is 32.0 Å². The number of guanidine groups is 3. The van der Waals surface area contributed by atoms with Crippen molar-refractivity contribution in [1.82, 2.24) is 37.2 Å². The molecule has 0 aliphatic carbocycles. The number of carboxylic acids is 2. The first-order chi connectivity index (χ1) is 33.3. The molecule has 0 heterocycles. The van der Waals surface area contributed by atoms with Crippen molar-refractivity contribution in [3.63, 3.8) is 0 Å². The topological polar surface area (TPSA) is 561 Å². The summed E-state index contributed by atoms with van der Waals surface area (Å²) in [5.41, 5.74) is 43.3. The number of aliphatic hydroxyl groups excluding tert-OH is 1. The number of rotatable bonds is 37. The van der Waals surface area contributed by atoms with Gasteiger partial charge in [0.2, 0.25) is 47.3 Å². The zero-order chi connectivity index (χ0) is 54.2. The monoisotopic (exact) mass is 1010 g/mol. The number of primary amides is 1. The molecule has 0 aliphatic rings. The molecule has 0 aliphatic heterocycles. The lowest BCUT2D eigenvalue weighted by molar-refractivity contribution is -0.140. The van der Waals surface area contributed by atoms with Gasteiger partial charge in [0.1, 0.15) is 42.3 Å². The van der Waals surface area contributed by atoms with Gasteiger partial charge in [0.05, 0.1) is 13.0 Å². The van der Waals surface area contributed by atoms with Gasteiger partial charge in [-0.25, -0.2) is 0 Å². The third-order valence-electron chi connectivity index (χ3n) is 10.2. The van der Waals surface area contributed by atoms with Crippen molar-refractivity contribution in [2.45, 2.75) is 133 Å². The van der Waals surface area contributed by atoms with Crippen LogP contribution in [0, 0.1) is 5.92 Å². The largest absolute Gasteiger partial charge is 0.481 e. The molecule has 0 aromatic rings. The number of hydrogen-bond acceptors (Lipinski definition) is 15. The van der Waals surface area contributed by atoms with Gasteiger partial charge in [0.25, 0.3) is 0 Å². The van der Waals surface area contributed by atoms with Crippen molar-refractivity contribution in [2.24, 2.45) is 66.8 Å². The van der Waals surface area contributed by atoms with Gasteiger partial charge in [-0.3, -0.25) is 62.9 Å². The molecule has 0 unspecified atom stereocenters. The van der Waals surface area contributed by atoms with Crippen molar-refractivity contribution in [3.05, 3.63) is 0 Å². The summed E-state index contributed by atoms with van der Waals surface area (Å²) in [6, 6.07) is -10.6. The van der Waals surface area contributed by atoms with Crippen molar-refractivity contribution >= 4 is 77.1 Å². The quantitative estimate of drug-likeness (QED) is 0.0156. The number of carboxylic acid groups (broad SMARTS) is 2. The fourth-order valence-corrected chi connectivity index (χ4v) is 6.25. The summed E-state index contributed by atoms with van der Waals surface area (Å²) in [7, 11) is 0. The minimum absolute atomic E-state index is 0.0226. The van der Waals surface area contributed by atoms with E-state index in [-0.39, 0.29) is 89.0 Å². The van der Waals surface area contributed by atoms with Crippen LogP contribution in [-0.4, -0.2) is 167 Å². The highest BCUT2D eigenvalue weighted by Crippen LogP contribution is 2.11.